The minimum atomic E-state index is -4.80. The first kappa shape index (κ1) is 18.7. The van der Waals surface area contributed by atoms with Crippen molar-refractivity contribution in [1.29, 1.82) is 5.26 Å². The van der Waals surface area contributed by atoms with E-state index in [9.17, 15) is 21.6 Å². The van der Waals surface area contributed by atoms with Crippen LogP contribution in [0.15, 0.2) is 23.1 Å². The van der Waals surface area contributed by atoms with Gasteiger partial charge in [0.15, 0.2) is 0 Å². The van der Waals surface area contributed by atoms with Crippen LogP contribution in [0.2, 0.25) is 0 Å². The van der Waals surface area contributed by atoms with Crippen molar-refractivity contribution in [3.63, 3.8) is 0 Å². The van der Waals surface area contributed by atoms with E-state index in [0.29, 0.717) is 6.07 Å². The lowest BCUT2D eigenvalue weighted by molar-refractivity contribution is -0.137. The van der Waals surface area contributed by atoms with Gasteiger partial charge in [0, 0.05) is 13.1 Å². The zero-order valence-corrected chi connectivity index (χ0v) is 11.6. The number of nitrogens with zero attached hydrogens (tertiary/aromatic N) is 1. The molecule has 0 amide bonds. The molecule has 10 heteroatoms. The molecule has 0 saturated heterocycles. The van der Waals surface area contributed by atoms with Crippen LogP contribution in [0.4, 0.5) is 13.2 Å². The Hall–Kier alpha value is -1.34. The van der Waals surface area contributed by atoms with E-state index >= 15 is 0 Å². The fourth-order valence-electron chi connectivity index (χ4n) is 1.30. The van der Waals surface area contributed by atoms with Crippen LogP contribution in [0.1, 0.15) is 11.1 Å². The highest BCUT2D eigenvalue weighted by atomic mass is 35.5. The number of hydrogen-bond acceptors (Lipinski definition) is 4. The Morgan fingerprint density at radius 2 is 1.95 bits per heavy atom. The van der Waals surface area contributed by atoms with Crippen molar-refractivity contribution in [3.05, 3.63) is 29.3 Å². The molecule has 0 fully saturated rings. The lowest BCUT2D eigenvalue weighted by Gasteiger charge is -2.11. The summed E-state index contributed by atoms with van der Waals surface area (Å²) in [6, 6.07) is 3.55. The van der Waals surface area contributed by atoms with Gasteiger partial charge < -0.3 is 5.73 Å². The number of benzene rings is 1. The summed E-state index contributed by atoms with van der Waals surface area (Å²) in [7, 11) is -4.07. The molecule has 0 spiro atoms. The lowest BCUT2D eigenvalue weighted by Crippen LogP contribution is -2.29. The maximum Gasteiger partial charge on any atom is 0.417 e. The van der Waals surface area contributed by atoms with Gasteiger partial charge in [-0.2, -0.15) is 18.4 Å². The first-order chi connectivity index (χ1) is 8.72. The van der Waals surface area contributed by atoms with Crippen LogP contribution >= 0.6 is 12.4 Å². The Labute approximate surface area is 120 Å². The van der Waals surface area contributed by atoms with Gasteiger partial charge in [-0.05, 0) is 18.2 Å². The van der Waals surface area contributed by atoms with Crippen molar-refractivity contribution in [2.24, 2.45) is 5.73 Å². The van der Waals surface area contributed by atoms with Gasteiger partial charge in [0.2, 0.25) is 10.0 Å². The molecule has 5 nitrogen and oxygen atoms in total. The van der Waals surface area contributed by atoms with Gasteiger partial charge in [-0.25, -0.2) is 13.1 Å². The number of halogens is 4. The fraction of sp³-hybridized carbons (Fsp3) is 0.300. The average Bonchev–Trinajstić information content (AvgIpc) is 2.34. The molecule has 0 radical (unpaired) electrons. The number of hydrogen-bond donors (Lipinski definition) is 2. The predicted octanol–water partition coefficient (Wildman–Crippen LogP) is 1.24. The van der Waals surface area contributed by atoms with Gasteiger partial charge in [-0.15, -0.1) is 12.4 Å². The van der Waals surface area contributed by atoms with E-state index in [1.807, 2.05) is 4.72 Å². The van der Waals surface area contributed by atoms with Gasteiger partial charge in [0.05, 0.1) is 22.1 Å². The molecule has 0 bridgehead atoms. The molecule has 3 N–H and O–H groups in total. The van der Waals surface area contributed by atoms with E-state index in [0.717, 1.165) is 12.1 Å². The van der Waals surface area contributed by atoms with Crippen LogP contribution < -0.4 is 10.5 Å². The van der Waals surface area contributed by atoms with Crippen molar-refractivity contribution >= 4 is 22.4 Å². The summed E-state index contributed by atoms with van der Waals surface area (Å²) >= 11 is 0. The number of rotatable bonds is 4. The maximum atomic E-state index is 12.7. The molecule has 0 heterocycles. The fourth-order valence-corrected chi connectivity index (χ4v) is 2.37. The van der Waals surface area contributed by atoms with Crippen LogP contribution in [0.5, 0.6) is 0 Å². The van der Waals surface area contributed by atoms with E-state index in [1.54, 1.807) is 0 Å². The molecule has 0 saturated carbocycles. The van der Waals surface area contributed by atoms with Gasteiger partial charge in [0.25, 0.3) is 0 Å². The first-order valence-electron chi connectivity index (χ1n) is 5.03. The van der Waals surface area contributed by atoms with Gasteiger partial charge in [-0.1, -0.05) is 0 Å². The third-order valence-electron chi connectivity index (χ3n) is 2.16. The van der Waals surface area contributed by atoms with Crippen molar-refractivity contribution in [1.82, 2.24) is 4.72 Å². The molecule has 1 rings (SSSR count). The van der Waals surface area contributed by atoms with Crippen molar-refractivity contribution < 1.29 is 21.6 Å². The third kappa shape index (κ3) is 4.35. The van der Waals surface area contributed by atoms with Crippen LogP contribution in [-0.2, 0) is 16.2 Å². The first-order valence-corrected chi connectivity index (χ1v) is 6.52. The normalized spacial score (nSPS) is 11.6. The minimum Gasteiger partial charge on any atom is -0.329 e. The second kappa shape index (κ2) is 6.90. The molecule has 1 aromatic carbocycles. The van der Waals surface area contributed by atoms with E-state index < -0.39 is 32.2 Å². The predicted molar refractivity (Wildman–Crippen MR) is 67.6 cm³/mol. The van der Waals surface area contributed by atoms with Crippen molar-refractivity contribution in [2.75, 3.05) is 13.1 Å². The van der Waals surface area contributed by atoms with Crippen molar-refractivity contribution in [3.8, 4) is 6.07 Å². The molecule has 1 aromatic rings. The highest BCUT2D eigenvalue weighted by molar-refractivity contribution is 7.89. The lowest BCUT2D eigenvalue weighted by atomic mass is 10.1. The topological polar surface area (TPSA) is 96.0 Å². The summed E-state index contributed by atoms with van der Waals surface area (Å²) in [5, 5.41) is 8.59. The second-order valence-electron chi connectivity index (χ2n) is 3.50. The summed E-state index contributed by atoms with van der Waals surface area (Å²) < 4.78 is 63.4. The number of nitriles is 1. The van der Waals surface area contributed by atoms with Crippen molar-refractivity contribution in [2.45, 2.75) is 11.1 Å². The standard InChI is InChI=1S/C10H10F3N3O2S.ClH/c11-10(12,13)9-5-8(2-1-7(9)6-15)19(17,18)16-4-3-14;/h1-2,5,16H,3-4,14H2;1H. The third-order valence-corrected chi connectivity index (χ3v) is 3.62. The number of alkyl halides is 3. The monoisotopic (exact) mass is 329 g/mol. The Morgan fingerprint density at radius 3 is 2.40 bits per heavy atom. The van der Waals surface area contributed by atoms with E-state index in [2.05, 4.69) is 0 Å². The summed E-state index contributed by atoms with van der Waals surface area (Å²) in [4.78, 5) is -0.563. The highest BCUT2D eigenvalue weighted by Crippen LogP contribution is 2.33. The summed E-state index contributed by atoms with van der Waals surface area (Å²) in [5.74, 6) is 0. The summed E-state index contributed by atoms with van der Waals surface area (Å²) in [6.45, 7) is -0.0781. The molecule has 0 aliphatic rings. The van der Waals surface area contributed by atoms with Crippen LogP contribution in [0.3, 0.4) is 0 Å². The Kier molecular flexibility index (Phi) is 6.43. The highest BCUT2D eigenvalue weighted by Gasteiger charge is 2.34. The smallest absolute Gasteiger partial charge is 0.329 e. The van der Waals surface area contributed by atoms with Crippen LogP contribution in [-0.4, -0.2) is 21.5 Å². The van der Waals surface area contributed by atoms with Gasteiger partial charge in [-0.3, -0.25) is 0 Å². The molecule has 112 valence electrons. The Balaban J connectivity index is 0.00000361. The number of sulfonamides is 1. The number of nitrogens with one attached hydrogen (secondary N) is 1. The molecule has 0 unspecified atom stereocenters. The van der Waals surface area contributed by atoms with Crippen LogP contribution in [0.25, 0.3) is 0 Å². The van der Waals surface area contributed by atoms with E-state index in [4.69, 9.17) is 11.0 Å². The Bertz CT molecular complexity index is 611. The van der Waals surface area contributed by atoms with E-state index in [1.165, 1.54) is 6.07 Å². The zero-order chi connectivity index (χ0) is 14.7. The maximum absolute atomic E-state index is 12.7. The molecular weight excluding hydrogens is 319 g/mol. The zero-order valence-electron chi connectivity index (χ0n) is 9.94. The quantitative estimate of drug-likeness (QED) is 0.868. The molecule has 20 heavy (non-hydrogen) atoms. The number of nitrogens with two attached hydrogens (primary N) is 1. The van der Waals surface area contributed by atoms with Crippen LogP contribution in [0, 0.1) is 11.3 Å². The largest absolute Gasteiger partial charge is 0.417 e. The average molecular weight is 330 g/mol. The summed E-state index contributed by atoms with van der Waals surface area (Å²) in [5.41, 5.74) is 3.19. The molecule has 0 aromatic heterocycles. The molecule has 0 aliphatic heterocycles. The second-order valence-corrected chi connectivity index (χ2v) is 5.27. The van der Waals surface area contributed by atoms with Gasteiger partial charge in [0.1, 0.15) is 0 Å². The van der Waals surface area contributed by atoms with E-state index in [-0.39, 0.29) is 25.5 Å². The molecular formula is C10H11ClF3N3O2S. The minimum absolute atomic E-state index is 0. The molecule has 0 aliphatic carbocycles. The summed E-state index contributed by atoms with van der Waals surface area (Å²) in [6.07, 6.45) is -4.80. The van der Waals surface area contributed by atoms with Gasteiger partial charge >= 0.3 is 6.18 Å². The SMILES string of the molecule is Cl.N#Cc1ccc(S(=O)(=O)NCCN)cc1C(F)(F)F. The Morgan fingerprint density at radius 1 is 1.35 bits per heavy atom. The molecule has 0 atom stereocenters.